The molecule has 1 aromatic carbocycles. The molecule has 0 saturated carbocycles. The number of hydrogen-bond acceptors (Lipinski definition) is 2. The molecular weight excluding hydrogens is 208 g/mol. The smallest absolute Gasteiger partial charge is 0.0497 e. The van der Waals surface area contributed by atoms with Crippen molar-refractivity contribution in [2.75, 3.05) is 11.4 Å². The molecule has 94 valence electrons. The Bertz CT molecular complexity index is 412. The van der Waals surface area contributed by atoms with Gasteiger partial charge in [0.2, 0.25) is 0 Å². The van der Waals surface area contributed by atoms with Gasteiger partial charge in [-0.2, -0.15) is 0 Å². The fourth-order valence-electron chi connectivity index (χ4n) is 3.11. The Morgan fingerprint density at radius 2 is 1.71 bits per heavy atom. The summed E-state index contributed by atoms with van der Waals surface area (Å²) < 4.78 is 0. The molecule has 1 heterocycles. The maximum atomic E-state index is 6.23. The monoisotopic (exact) mass is 232 g/mol. The van der Waals surface area contributed by atoms with Crippen LogP contribution in [0.4, 0.5) is 5.69 Å². The Hall–Kier alpha value is -1.02. The van der Waals surface area contributed by atoms with Crippen LogP contribution >= 0.6 is 0 Å². The molecule has 1 atom stereocenters. The quantitative estimate of drug-likeness (QED) is 0.806. The molecule has 0 spiro atoms. The zero-order chi connectivity index (χ0) is 12.8. The first kappa shape index (κ1) is 12.4. The summed E-state index contributed by atoms with van der Waals surface area (Å²) in [6.07, 6.45) is 1.08. The molecule has 1 unspecified atom stereocenters. The van der Waals surface area contributed by atoms with Crippen LogP contribution in [0.15, 0.2) is 12.1 Å². The molecule has 1 aliphatic rings. The lowest BCUT2D eigenvalue weighted by molar-refractivity contribution is 0.452. The minimum atomic E-state index is 0.0603. The van der Waals surface area contributed by atoms with Crippen molar-refractivity contribution in [3.05, 3.63) is 28.8 Å². The van der Waals surface area contributed by atoms with Crippen molar-refractivity contribution in [2.24, 2.45) is 5.73 Å². The number of nitrogens with two attached hydrogens (primary N) is 1. The molecule has 1 fully saturated rings. The van der Waals surface area contributed by atoms with Gasteiger partial charge in [-0.1, -0.05) is 17.7 Å². The highest BCUT2D eigenvalue weighted by molar-refractivity contribution is 5.62. The Morgan fingerprint density at radius 1 is 1.18 bits per heavy atom. The van der Waals surface area contributed by atoms with Crippen molar-refractivity contribution >= 4 is 5.69 Å². The van der Waals surface area contributed by atoms with Crippen LogP contribution in [0.5, 0.6) is 0 Å². The largest absolute Gasteiger partial charge is 0.364 e. The van der Waals surface area contributed by atoms with Gasteiger partial charge in [-0.25, -0.2) is 0 Å². The van der Waals surface area contributed by atoms with E-state index in [1.54, 1.807) is 0 Å². The molecule has 2 nitrogen and oxygen atoms in total. The highest BCUT2D eigenvalue weighted by Crippen LogP contribution is 2.37. The SMILES string of the molecule is Cc1cc(C)c(N2CCC(N)C2(C)C)c(C)c1. The van der Waals surface area contributed by atoms with Crippen LogP contribution in [-0.4, -0.2) is 18.1 Å². The third-order valence-corrected chi connectivity index (χ3v) is 4.17. The van der Waals surface area contributed by atoms with Gasteiger partial charge < -0.3 is 10.6 Å². The van der Waals surface area contributed by atoms with Gasteiger partial charge in [-0.3, -0.25) is 0 Å². The first-order valence-electron chi connectivity index (χ1n) is 6.45. The van der Waals surface area contributed by atoms with E-state index in [0.717, 1.165) is 13.0 Å². The zero-order valence-corrected chi connectivity index (χ0v) is 11.7. The fourth-order valence-corrected chi connectivity index (χ4v) is 3.11. The first-order valence-corrected chi connectivity index (χ1v) is 6.45. The average Bonchev–Trinajstić information content (AvgIpc) is 2.43. The van der Waals surface area contributed by atoms with E-state index in [0.29, 0.717) is 0 Å². The lowest BCUT2D eigenvalue weighted by atomic mass is 9.94. The number of anilines is 1. The van der Waals surface area contributed by atoms with Gasteiger partial charge in [0.25, 0.3) is 0 Å². The maximum absolute atomic E-state index is 6.23. The predicted molar refractivity (Wildman–Crippen MR) is 74.7 cm³/mol. The second-order valence-electron chi connectivity index (χ2n) is 5.95. The Labute approximate surface area is 105 Å². The minimum absolute atomic E-state index is 0.0603. The molecule has 1 saturated heterocycles. The van der Waals surface area contributed by atoms with Crippen LogP contribution in [-0.2, 0) is 0 Å². The summed E-state index contributed by atoms with van der Waals surface area (Å²) in [5.41, 5.74) is 11.7. The molecule has 2 rings (SSSR count). The van der Waals surface area contributed by atoms with Crippen molar-refractivity contribution in [1.82, 2.24) is 0 Å². The second kappa shape index (κ2) is 4.02. The molecule has 2 heteroatoms. The van der Waals surface area contributed by atoms with E-state index >= 15 is 0 Å². The Balaban J connectivity index is 2.49. The molecule has 2 N–H and O–H groups in total. The number of hydrogen-bond donors (Lipinski definition) is 1. The van der Waals surface area contributed by atoms with E-state index in [4.69, 9.17) is 5.73 Å². The van der Waals surface area contributed by atoms with Crippen molar-refractivity contribution in [3.8, 4) is 0 Å². The summed E-state index contributed by atoms with van der Waals surface area (Å²) in [6, 6.07) is 4.80. The summed E-state index contributed by atoms with van der Waals surface area (Å²) in [6.45, 7) is 12.1. The normalized spacial score (nSPS) is 23.2. The Kier molecular flexibility index (Phi) is 2.94. The van der Waals surface area contributed by atoms with Gasteiger partial charge in [-0.05, 0) is 52.2 Å². The van der Waals surface area contributed by atoms with E-state index in [2.05, 4.69) is 51.7 Å². The standard InChI is InChI=1S/C15H24N2/c1-10-8-11(2)14(12(3)9-10)17-7-6-13(16)15(17,4)5/h8-9,13H,6-7,16H2,1-5H3. The summed E-state index contributed by atoms with van der Waals surface area (Å²) in [4.78, 5) is 2.49. The minimum Gasteiger partial charge on any atom is -0.364 e. The molecule has 1 aliphatic heterocycles. The molecule has 0 aromatic heterocycles. The number of aryl methyl sites for hydroxylation is 3. The molecular formula is C15H24N2. The van der Waals surface area contributed by atoms with Crippen LogP contribution in [0.3, 0.4) is 0 Å². The van der Waals surface area contributed by atoms with Crippen LogP contribution < -0.4 is 10.6 Å². The van der Waals surface area contributed by atoms with Crippen molar-refractivity contribution in [1.29, 1.82) is 0 Å². The van der Waals surface area contributed by atoms with Crippen LogP contribution in [0.1, 0.15) is 37.0 Å². The fraction of sp³-hybridized carbons (Fsp3) is 0.600. The third-order valence-electron chi connectivity index (χ3n) is 4.17. The Morgan fingerprint density at radius 3 is 2.12 bits per heavy atom. The van der Waals surface area contributed by atoms with Crippen molar-refractivity contribution in [3.63, 3.8) is 0 Å². The third kappa shape index (κ3) is 1.95. The van der Waals surface area contributed by atoms with Crippen molar-refractivity contribution < 1.29 is 0 Å². The van der Waals surface area contributed by atoms with Crippen LogP contribution in [0.25, 0.3) is 0 Å². The molecule has 17 heavy (non-hydrogen) atoms. The van der Waals surface area contributed by atoms with Gasteiger partial charge in [0.05, 0.1) is 0 Å². The van der Waals surface area contributed by atoms with Gasteiger partial charge in [0.15, 0.2) is 0 Å². The number of rotatable bonds is 1. The zero-order valence-electron chi connectivity index (χ0n) is 11.7. The lowest BCUT2D eigenvalue weighted by Crippen LogP contribution is -2.49. The first-order chi connectivity index (χ1) is 7.84. The maximum Gasteiger partial charge on any atom is 0.0497 e. The van der Waals surface area contributed by atoms with E-state index < -0.39 is 0 Å². The summed E-state index contributed by atoms with van der Waals surface area (Å²) in [5, 5.41) is 0. The van der Waals surface area contributed by atoms with E-state index in [-0.39, 0.29) is 11.6 Å². The van der Waals surface area contributed by atoms with E-state index in [1.165, 1.54) is 22.4 Å². The van der Waals surface area contributed by atoms with Crippen LogP contribution in [0, 0.1) is 20.8 Å². The van der Waals surface area contributed by atoms with E-state index in [9.17, 15) is 0 Å². The topological polar surface area (TPSA) is 29.3 Å². The van der Waals surface area contributed by atoms with Crippen LogP contribution in [0.2, 0.25) is 0 Å². The summed E-state index contributed by atoms with van der Waals surface area (Å²) in [7, 11) is 0. The highest BCUT2D eigenvalue weighted by Gasteiger charge is 2.40. The summed E-state index contributed by atoms with van der Waals surface area (Å²) in [5.74, 6) is 0. The van der Waals surface area contributed by atoms with Crippen molar-refractivity contribution in [2.45, 2.75) is 52.6 Å². The van der Waals surface area contributed by atoms with Gasteiger partial charge >= 0.3 is 0 Å². The average molecular weight is 232 g/mol. The number of nitrogens with zero attached hydrogens (tertiary/aromatic N) is 1. The molecule has 0 radical (unpaired) electrons. The molecule has 0 bridgehead atoms. The molecule has 1 aromatic rings. The van der Waals surface area contributed by atoms with E-state index in [1.807, 2.05) is 0 Å². The molecule has 0 aliphatic carbocycles. The second-order valence-corrected chi connectivity index (χ2v) is 5.95. The lowest BCUT2D eigenvalue weighted by Gasteiger charge is -2.38. The van der Waals surface area contributed by atoms with Gasteiger partial charge in [0.1, 0.15) is 0 Å². The number of benzene rings is 1. The highest BCUT2D eigenvalue weighted by atomic mass is 15.2. The summed E-state index contributed by atoms with van der Waals surface area (Å²) >= 11 is 0. The molecule has 0 amide bonds. The van der Waals surface area contributed by atoms with Gasteiger partial charge in [0, 0.05) is 23.8 Å². The van der Waals surface area contributed by atoms with Gasteiger partial charge in [-0.15, -0.1) is 0 Å². The predicted octanol–water partition coefficient (Wildman–Crippen LogP) is 2.93.